The molecule has 4 aromatic carbocycles. The van der Waals surface area contributed by atoms with Gasteiger partial charge in [0.2, 0.25) is 0 Å². The molecule has 2 saturated heterocycles. The SMILES string of the molecule is CC(C)N(CCCNCCN1C(=O)c2cccc3c(N4CCNCC4)ccc(c23)C1=O)CCN1C(=O)c2cccc3c(N4CCNCC4)ccc(c23)C1=O. The zero-order valence-corrected chi connectivity index (χ0v) is 31.3. The van der Waals surface area contributed by atoms with Gasteiger partial charge in [-0.3, -0.25) is 33.9 Å². The lowest BCUT2D eigenvalue weighted by molar-refractivity contribution is 0.0579. The summed E-state index contributed by atoms with van der Waals surface area (Å²) < 4.78 is 0. The van der Waals surface area contributed by atoms with Crippen molar-refractivity contribution in [3.05, 3.63) is 82.9 Å². The van der Waals surface area contributed by atoms with Crippen LogP contribution in [0.3, 0.4) is 0 Å². The Labute approximate surface area is 316 Å². The topological polar surface area (TPSA) is 121 Å². The lowest BCUT2D eigenvalue weighted by atomic mass is 9.92. The van der Waals surface area contributed by atoms with Gasteiger partial charge in [0.25, 0.3) is 23.6 Å². The van der Waals surface area contributed by atoms with Crippen molar-refractivity contribution >= 4 is 56.5 Å². The number of benzene rings is 4. The van der Waals surface area contributed by atoms with Crippen molar-refractivity contribution in [2.45, 2.75) is 26.3 Å². The molecule has 4 aromatic rings. The van der Waals surface area contributed by atoms with Crippen molar-refractivity contribution in [1.29, 1.82) is 0 Å². The van der Waals surface area contributed by atoms with Gasteiger partial charge in [0.15, 0.2) is 0 Å². The van der Waals surface area contributed by atoms with Crippen LogP contribution in [0.15, 0.2) is 60.7 Å². The molecule has 4 amide bonds. The molecule has 4 aliphatic rings. The predicted octanol–water partition coefficient (Wildman–Crippen LogP) is 3.39. The summed E-state index contributed by atoms with van der Waals surface area (Å²) in [5, 5.41) is 13.6. The van der Waals surface area contributed by atoms with Crippen LogP contribution in [0.2, 0.25) is 0 Å². The van der Waals surface area contributed by atoms with Crippen LogP contribution in [0.4, 0.5) is 11.4 Å². The molecule has 0 aliphatic carbocycles. The highest BCUT2D eigenvalue weighted by Crippen LogP contribution is 2.37. The molecule has 4 aliphatic heterocycles. The van der Waals surface area contributed by atoms with Crippen LogP contribution < -0.4 is 25.8 Å². The molecule has 0 atom stereocenters. The van der Waals surface area contributed by atoms with E-state index in [1.165, 1.54) is 9.80 Å². The van der Waals surface area contributed by atoms with Crippen LogP contribution in [0, 0.1) is 0 Å². The van der Waals surface area contributed by atoms with Crippen LogP contribution in [-0.4, -0.2) is 136 Å². The fourth-order valence-electron chi connectivity index (χ4n) is 8.61. The fraction of sp³-hybridized carbons (Fsp3) is 0.429. The first-order chi connectivity index (χ1) is 26.3. The molecular weight excluding hydrogens is 681 g/mol. The summed E-state index contributed by atoms with van der Waals surface area (Å²) in [4.78, 5) is 64.5. The number of nitrogens with zero attached hydrogens (tertiary/aromatic N) is 5. The van der Waals surface area contributed by atoms with E-state index in [1.54, 1.807) is 0 Å². The minimum Gasteiger partial charge on any atom is -0.368 e. The largest absolute Gasteiger partial charge is 0.368 e. The van der Waals surface area contributed by atoms with Crippen molar-refractivity contribution in [3.63, 3.8) is 0 Å². The molecule has 0 spiro atoms. The van der Waals surface area contributed by atoms with Crippen molar-refractivity contribution < 1.29 is 19.2 Å². The third-order valence-electron chi connectivity index (χ3n) is 11.5. The van der Waals surface area contributed by atoms with E-state index in [4.69, 9.17) is 0 Å². The van der Waals surface area contributed by atoms with E-state index in [9.17, 15) is 19.2 Å². The van der Waals surface area contributed by atoms with Gasteiger partial charge in [0.1, 0.15) is 0 Å². The van der Waals surface area contributed by atoms with E-state index in [1.807, 2.05) is 60.7 Å². The van der Waals surface area contributed by atoms with Gasteiger partial charge in [-0.05, 0) is 69.8 Å². The number of carbonyl (C=O) groups excluding carboxylic acids is 4. The quantitative estimate of drug-likeness (QED) is 0.140. The van der Waals surface area contributed by atoms with Gasteiger partial charge < -0.3 is 25.8 Å². The molecule has 2 fully saturated rings. The van der Waals surface area contributed by atoms with Crippen molar-refractivity contribution in [3.8, 4) is 0 Å². The maximum absolute atomic E-state index is 13.8. The third kappa shape index (κ3) is 6.61. The summed E-state index contributed by atoms with van der Waals surface area (Å²) in [7, 11) is 0. The lowest BCUT2D eigenvalue weighted by Gasteiger charge is -2.34. The van der Waals surface area contributed by atoms with Gasteiger partial charge in [-0.2, -0.15) is 0 Å². The van der Waals surface area contributed by atoms with E-state index in [0.717, 1.165) is 98.2 Å². The van der Waals surface area contributed by atoms with Crippen molar-refractivity contribution in [2.75, 3.05) is 101 Å². The standard InChI is InChI=1S/C42H50N8O4/c1-28(2)46(26-27-50-40(52)32-9-4-7-30-36(48-23-17-45-18-24-48)13-11-34(38(30)32)42(50)54)20-5-14-43-19-25-49-39(51)31-8-3-6-29-35(47-21-15-44-16-22-47)12-10-33(37(29)31)41(49)53/h3-4,6-13,28,43-45H,5,14-27H2,1-2H3. The van der Waals surface area contributed by atoms with Crippen LogP contribution in [0.1, 0.15) is 61.7 Å². The van der Waals surface area contributed by atoms with E-state index in [0.29, 0.717) is 48.4 Å². The van der Waals surface area contributed by atoms with Crippen LogP contribution >= 0.6 is 0 Å². The Kier molecular flexibility index (Phi) is 10.3. The first-order valence-electron chi connectivity index (χ1n) is 19.5. The highest BCUT2D eigenvalue weighted by atomic mass is 16.2. The number of anilines is 2. The molecule has 0 saturated carbocycles. The highest BCUT2D eigenvalue weighted by Gasteiger charge is 2.35. The number of hydrogen-bond donors (Lipinski definition) is 3. The Morgan fingerprint density at radius 1 is 0.593 bits per heavy atom. The zero-order chi connectivity index (χ0) is 37.3. The minimum atomic E-state index is -0.246. The summed E-state index contributed by atoms with van der Waals surface area (Å²) in [6, 6.07) is 19.6. The minimum absolute atomic E-state index is 0.218. The number of hydrogen-bond acceptors (Lipinski definition) is 10. The molecule has 4 heterocycles. The number of imide groups is 2. The normalized spacial score (nSPS) is 17.6. The van der Waals surface area contributed by atoms with Gasteiger partial charge in [0, 0.05) is 140 Å². The Morgan fingerprint density at radius 3 is 1.54 bits per heavy atom. The van der Waals surface area contributed by atoms with Gasteiger partial charge in [-0.25, -0.2) is 0 Å². The lowest BCUT2D eigenvalue weighted by Crippen LogP contribution is -2.46. The average Bonchev–Trinajstić information content (AvgIpc) is 3.20. The van der Waals surface area contributed by atoms with Gasteiger partial charge >= 0.3 is 0 Å². The molecule has 0 radical (unpaired) electrons. The molecule has 3 N–H and O–H groups in total. The number of nitrogens with one attached hydrogen (secondary N) is 3. The Balaban J connectivity index is 0.848. The second-order valence-corrected chi connectivity index (χ2v) is 15.0. The maximum Gasteiger partial charge on any atom is 0.261 e. The number of rotatable bonds is 13. The van der Waals surface area contributed by atoms with E-state index in [-0.39, 0.29) is 36.2 Å². The van der Waals surface area contributed by atoms with Gasteiger partial charge in [0.05, 0.1) is 0 Å². The first kappa shape index (κ1) is 36.1. The monoisotopic (exact) mass is 730 g/mol. The average molecular weight is 731 g/mol. The first-order valence-corrected chi connectivity index (χ1v) is 19.5. The fourth-order valence-corrected chi connectivity index (χ4v) is 8.61. The van der Waals surface area contributed by atoms with E-state index in [2.05, 4.69) is 44.5 Å². The summed E-state index contributed by atoms with van der Waals surface area (Å²) in [5.74, 6) is -0.962. The molecule has 12 nitrogen and oxygen atoms in total. The van der Waals surface area contributed by atoms with Gasteiger partial charge in [-0.15, -0.1) is 0 Å². The summed E-state index contributed by atoms with van der Waals surface area (Å²) >= 11 is 0. The van der Waals surface area contributed by atoms with Crippen LogP contribution in [0.5, 0.6) is 0 Å². The Bertz CT molecular complexity index is 2060. The molecule has 8 rings (SSSR count). The molecule has 12 heteroatoms. The summed E-state index contributed by atoms with van der Waals surface area (Å²) in [6.45, 7) is 14.5. The molecule has 0 aromatic heterocycles. The smallest absolute Gasteiger partial charge is 0.261 e. The molecular formula is C42H50N8O4. The molecule has 0 unspecified atom stereocenters. The Hall–Kier alpha value is -4.88. The van der Waals surface area contributed by atoms with Crippen LogP contribution in [-0.2, 0) is 0 Å². The second-order valence-electron chi connectivity index (χ2n) is 15.0. The highest BCUT2D eigenvalue weighted by molar-refractivity contribution is 6.28. The number of amides is 4. The summed E-state index contributed by atoms with van der Waals surface area (Å²) in [6.07, 6.45) is 0.829. The predicted molar refractivity (Wildman–Crippen MR) is 213 cm³/mol. The van der Waals surface area contributed by atoms with E-state index < -0.39 is 0 Å². The van der Waals surface area contributed by atoms with Crippen molar-refractivity contribution in [1.82, 2.24) is 30.7 Å². The van der Waals surface area contributed by atoms with Gasteiger partial charge in [-0.1, -0.05) is 24.3 Å². The summed E-state index contributed by atoms with van der Waals surface area (Å²) in [5.41, 5.74) is 4.48. The van der Waals surface area contributed by atoms with Crippen molar-refractivity contribution in [2.24, 2.45) is 0 Å². The number of carbonyl (C=O) groups is 4. The molecule has 0 bridgehead atoms. The maximum atomic E-state index is 13.8. The second kappa shape index (κ2) is 15.5. The molecule has 54 heavy (non-hydrogen) atoms. The Morgan fingerprint density at radius 2 is 1.06 bits per heavy atom. The number of piperazine rings is 2. The zero-order valence-electron chi connectivity index (χ0n) is 31.3. The molecule has 282 valence electrons. The van der Waals surface area contributed by atoms with E-state index >= 15 is 0 Å². The van der Waals surface area contributed by atoms with Crippen LogP contribution in [0.25, 0.3) is 21.5 Å². The third-order valence-corrected chi connectivity index (χ3v) is 11.5.